The van der Waals surface area contributed by atoms with Gasteiger partial charge in [0.15, 0.2) is 5.60 Å². The number of anilines is 1. The number of alkyl halides is 6. The predicted octanol–water partition coefficient (Wildman–Crippen LogP) is 7.45. The fourth-order valence-electron chi connectivity index (χ4n) is 4.09. The maximum atomic E-state index is 13.0. The molecule has 1 N–H and O–H groups in total. The van der Waals surface area contributed by atoms with Crippen molar-refractivity contribution < 1.29 is 50.2 Å². The lowest BCUT2D eigenvalue weighted by molar-refractivity contribution is -0.274. The zero-order chi connectivity index (χ0) is 32.3. The van der Waals surface area contributed by atoms with Gasteiger partial charge in [0.1, 0.15) is 11.5 Å². The van der Waals surface area contributed by atoms with Crippen LogP contribution in [0.2, 0.25) is 0 Å². The Morgan fingerprint density at radius 3 is 2.11 bits per heavy atom. The number of ether oxygens (including phenoxy) is 2. The average Bonchev–Trinajstić information content (AvgIpc) is 3.42. The third-order valence-corrected chi connectivity index (χ3v) is 6.48. The van der Waals surface area contributed by atoms with Crippen molar-refractivity contribution in [2.75, 3.05) is 11.4 Å². The molecule has 0 aliphatic carbocycles. The first-order valence-electron chi connectivity index (χ1n) is 13.1. The van der Waals surface area contributed by atoms with Crippen molar-refractivity contribution in [1.82, 2.24) is 10.1 Å². The lowest BCUT2D eigenvalue weighted by Gasteiger charge is -2.23. The van der Waals surface area contributed by atoms with Gasteiger partial charge in [-0.3, -0.25) is 0 Å². The number of aryl methyl sites for hydroxylation is 1. The minimum absolute atomic E-state index is 0.0222. The minimum atomic E-state index is -4.84. The van der Waals surface area contributed by atoms with Crippen molar-refractivity contribution in [3.63, 3.8) is 0 Å². The van der Waals surface area contributed by atoms with Gasteiger partial charge in [-0.25, -0.2) is 4.79 Å². The summed E-state index contributed by atoms with van der Waals surface area (Å²) in [5.41, 5.74) is 0.143. The molecule has 0 unspecified atom stereocenters. The second-order valence-electron chi connectivity index (χ2n) is 10.4. The van der Waals surface area contributed by atoms with Gasteiger partial charge in [0.25, 0.3) is 11.8 Å². The molecule has 0 bridgehead atoms. The van der Waals surface area contributed by atoms with Crippen LogP contribution in [0.25, 0.3) is 11.5 Å². The van der Waals surface area contributed by atoms with Gasteiger partial charge in [0.05, 0.1) is 5.56 Å². The van der Waals surface area contributed by atoms with E-state index in [1.165, 1.54) is 50.2 Å². The highest BCUT2D eigenvalue weighted by atomic mass is 19.4. The van der Waals surface area contributed by atoms with E-state index >= 15 is 0 Å². The molecule has 0 atom stereocenters. The summed E-state index contributed by atoms with van der Waals surface area (Å²) in [6.45, 7) is 5.09. The number of benzene rings is 3. The molecule has 0 saturated carbocycles. The Labute approximate surface area is 247 Å². The molecule has 1 heterocycles. The van der Waals surface area contributed by atoms with Gasteiger partial charge >= 0.3 is 18.5 Å². The van der Waals surface area contributed by atoms with E-state index in [0.717, 1.165) is 17.7 Å². The Morgan fingerprint density at radius 2 is 1.55 bits per heavy atom. The van der Waals surface area contributed by atoms with Crippen molar-refractivity contribution in [3.8, 4) is 23.0 Å². The Balaban J connectivity index is 1.56. The fraction of sp³-hybridized carbons (Fsp3) is 0.300. The summed E-state index contributed by atoms with van der Waals surface area (Å²) in [5.74, 6) is -1.02. The van der Waals surface area contributed by atoms with Crippen LogP contribution in [-0.2, 0) is 23.9 Å². The molecule has 0 aliphatic heterocycles. The van der Waals surface area contributed by atoms with E-state index in [0.29, 0.717) is 29.8 Å². The zero-order valence-corrected chi connectivity index (χ0v) is 23.7. The van der Waals surface area contributed by atoms with Crippen LogP contribution in [0, 0.1) is 6.92 Å². The van der Waals surface area contributed by atoms with Crippen molar-refractivity contribution >= 4 is 11.9 Å². The highest BCUT2D eigenvalue weighted by Gasteiger charge is 2.32. The SMILES string of the molecule is Cc1cc(CCN(Cc2ccc(OC(F)(F)F)cc2)c2noc(-c3ccc(C(F)(F)F)cc3)n2)ccc1OC(C)(C)C(=O)O. The van der Waals surface area contributed by atoms with Gasteiger partial charge in [0, 0.05) is 18.7 Å². The highest BCUT2D eigenvalue weighted by Crippen LogP contribution is 2.31. The number of aliphatic carboxylic acids is 1. The number of aromatic nitrogens is 2. The first kappa shape index (κ1) is 32.2. The molecule has 0 aliphatic rings. The summed E-state index contributed by atoms with van der Waals surface area (Å²) in [6.07, 6.45) is -8.91. The first-order chi connectivity index (χ1) is 20.5. The van der Waals surface area contributed by atoms with E-state index in [-0.39, 0.29) is 29.7 Å². The maximum Gasteiger partial charge on any atom is 0.573 e. The van der Waals surface area contributed by atoms with E-state index in [4.69, 9.17) is 9.26 Å². The van der Waals surface area contributed by atoms with E-state index in [1.807, 2.05) is 6.07 Å². The Hall–Kier alpha value is -4.75. The second-order valence-corrected chi connectivity index (χ2v) is 10.4. The van der Waals surface area contributed by atoms with Crippen LogP contribution < -0.4 is 14.4 Å². The van der Waals surface area contributed by atoms with Crippen LogP contribution in [0.5, 0.6) is 11.5 Å². The number of carbonyl (C=O) groups is 1. The largest absolute Gasteiger partial charge is 0.573 e. The van der Waals surface area contributed by atoms with Crippen molar-refractivity contribution in [1.29, 1.82) is 0 Å². The summed E-state index contributed by atoms with van der Waals surface area (Å²) in [7, 11) is 0. The number of carboxylic acid groups (broad SMARTS) is 1. The molecule has 0 fully saturated rings. The normalized spacial score (nSPS) is 12.2. The van der Waals surface area contributed by atoms with Crippen molar-refractivity contribution in [2.45, 2.75) is 51.9 Å². The number of hydrogen-bond acceptors (Lipinski definition) is 7. The molecule has 4 aromatic rings. The third-order valence-electron chi connectivity index (χ3n) is 6.48. The fourth-order valence-corrected chi connectivity index (χ4v) is 4.09. The predicted molar refractivity (Wildman–Crippen MR) is 146 cm³/mol. The van der Waals surface area contributed by atoms with Crippen molar-refractivity contribution in [2.24, 2.45) is 0 Å². The molecule has 0 amide bonds. The molecule has 3 aromatic carbocycles. The lowest BCUT2D eigenvalue weighted by Crippen LogP contribution is -2.38. The molecule has 8 nitrogen and oxygen atoms in total. The van der Waals surface area contributed by atoms with Crippen molar-refractivity contribution in [3.05, 3.63) is 89.0 Å². The smallest absolute Gasteiger partial charge is 0.478 e. The standard InChI is InChI=1S/C30H27F6N3O5/c1-18-16-19(6-13-24(18)43-28(2,3)26(40)41)14-15-39(17-20-4-11-23(12-5-20)42-30(34,35)36)27-37-25(44-38-27)21-7-9-22(10-8-21)29(31,32)33/h4-13,16H,14-15,17H2,1-3H3,(H,40,41). The molecule has 234 valence electrons. The summed E-state index contributed by atoms with van der Waals surface area (Å²) < 4.78 is 91.6. The molecule has 44 heavy (non-hydrogen) atoms. The number of carboxylic acids is 1. The Morgan fingerprint density at radius 1 is 0.909 bits per heavy atom. The summed E-state index contributed by atoms with van der Waals surface area (Å²) in [6, 6.07) is 14.7. The van der Waals surface area contributed by atoms with Gasteiger partial charge in [-0.15, -0.1) is 13.2 Å². The summed E-state index contributed by atoms with van der Waals surface area (Å²) >= 11 is 0. The van der Waals surface area contributed by atoms with E-state index < -0.39 is 29.7 Å². The third kappa shape index (κ3) is 8.42. The highest BCUT2D eigenvalue weighted by molar-refractivity contribution is 5.76. The van der Waals surface area contributed by atoms with Gasteiger partial charge in [-0.05, 0) is 91.5 Å². The van der Waals surface area contributed by atoms with E-state index in [9.17, 15) is 36.2 Å². The van der Waals surface area contributed by atoms with Crippen LogP contribution in [0.4, 0.5) is 32.3 Å². The number of hydrogen-bond donors (Lipinski definition) is 1. The molecule has 14 heteroatoms. The summed E-state index contributed by atoms with van der Waals surface area (Å²) in [5, 5.41) is 13.3. The minimum Gasteiger partial charge on any atom is -0.478 e. The van der Waals surface area contributed by atoms with Crippen LogP contribution in [0.15, 0.2) is 71.3 Å². The maximum absolute atomic E-state index is 13.0. The van der Waals surface area contributed by atoms with Gasteiger partial charge in [0.2, 0.25) is 0 Å². The monoisotopic (exact) mass is 623 g/mol. The van der Waals surface area contributed by atoms with E-state index in [1.54, 1.807) is 24.0 Å². The quantitative estimate of drug-likeness (QED) is 0.172. The number of halogens is 6. The first-order valence-corrected chi connectivity index (χ1v) is 13.1. The molecule has 0 spiro atoms. The Bertz CT molecular complexity index is 1580. The Kier molecular flexibility index (Phi) is 9.11. The summed E-state index contributed by atoms with van der Waals surface area (Å²) in [4.78, 5) is 17.5. The molecule has 0 radical (unpaired) electrons. The number of rotatable bonds is 11. The molecule has 0 saturated heterocycles. The lowest BCUT2D eigenvalue weighted by atomic mass is 10.1. The van der Waals surface area contributed by atoms with Crippen LogP contribution in [0.1, 0.15) is 36.1 Å². The molecular formula is C30H27F6N3O5. The van der Waals surface area contributed by atoms with Gasteiger partial charge in [-0.1, -0.05) is 24.3 Å². The van der Waals surface area contributed by atoms with Gasteiger partial charge < -0.3 is 24.0 Å². The molecular weight excluding hydrogens is 596 g/mol. The molecule has 4 rings (SSSR count). The topological polar surface area (TPSA) is 97.9 Å². The van der Waals surface area contributed by atoms with Crippen LogP contribution >= 0.6 is 0 Å². The average molecular weight is 624 g/mol. The number of nitrogens with zero attached hydrogens (tertiary/aromatic N) is 3. The van der Waals surface area contributed by atoms with Crippen LogP contribution in [0.3, 0.4) is 0 Å². The van der Waals surface area contributed by atoms with E-state index in [2.05, 4.69) is 14.9 Å². The second kappa shape index (κ2) is 12.5. The zero-order valence-electron chi connectivity index (χ0n) is 23.7. The molecule has 1 aromatic heterocycles. The van der Waals surface area contributed by atoms with Crippen LogP contribution in [-0.4, -0.2) is 39.7 Å². The van der Waals surface area contributed by atoms with Gasteiger partial charge in [-0.2, -0.15) is 18.2 Å².